The molecule has 178 valence electrons. The zero-order chi connectivity index (χ0) is 24.7. The Bertz CT molecular complexity index is 1230. The standard InChI is InChI=1S/C24H23F3N4O2S/c1-23(2)22(20(33)13-32)31(16-7-9-17(10-8-16)34-24(25,26)27)14-30(23)12-15-11-21(28)29-19-6-4-3-5-18(15)19/h3-11,13,22H,12,14H2,1-2H3,(H2,28,29). The third-order valence-electron chi connectivity index (χ3n) is 6.09. The number of anilines is 2. The van der Waals surface area contributed by atoms with Gasteiger partial charge in [0.05, 0.1) is 12.2 Å². The lowest BCUT2D eigenvalue weighted by molar-refractivity contribution is -0.131. The van der Waals surface area contributed by atoms with Crippen LogP contribution in [0.5, 0.6) is 0 Å². The Balaban J connectivity index is 1.69. The van der Waals surface area contributed by atoms with E-state index in [0.29, 0.717) is 31.0 Å². The third-order valence-corrected chi connectivity index (χ3v) is 6.83. The summed E-state index contributed by atoms with van der Waals surface area (Å²) in [5, 5.41) is 0.928. The predicted molar refractivity (Wildman–Crippen MR) is 126 cm³/mol. The van der Waals surface area contributed by atoms with Crippen LogP contribution in [-0.2, 0) is 16.1 Å². The van der Waals surface area contributed by atoms with Crippen LogP contribution in [0.4, 0.5) is 24.7 Å². The van der Waals surface area contributed by atoms with Crippen molar-refractivity contribution in [1.29, 1.82) is 0 Å². The first-order valence-electron chi connectivity index (χ1n) is 10.5. The first-order valence-corrected chi connectivity index (χ1v) is 11.3. The molecule has 3 aromatic rings. The summed E-state index contributed by atoms with van der Waals surface area (Å²) in [6.07, 6.45) is 0.302. The maximum Gasteiger partial charge on any atom is 0.446 e. The van der Waals surface area contributed by atoms with Crippen molar-refractivity contribution in [3.8, 4) is 0 Å². The number of nitrogen functional groups attached to an aromatic ring is 1. The summed E-state index contributed by atoms with van der Waals surface area (Å²) >= 11 is -0.202. The summed E-state index contributed by atoms with van der Waals surface area (Å²) in [6, 6.07) is 14.4. The molecule has 1 aromatic heterocycles. The van der Waals surface area contributed by atoms with Gasteiger partial charge in [-0.15, -0.1) is 0 Å². The van der Waals surface area contributed by atoms with Gasteiger partial charge >= 0.3 is 5.51 Å². The predicted octanol–water partition coefficient (Wildman–Crippen LogP) is 4.62. The van der Waals surface area contributed by atoms with Gasteiger partial charge in [0.25, 0.3) is 0 Å². The number of thioether (sulfide) groups is 1. The second-order valence-corrected chi connectivity index (χ2v) is 9.79. The summed E-state index contributed by atoms with van der Waals surface area (Å²) in [6.45, 7) is 4.47. The zero-order valence-electron chi connectivity index (χ0n) is 18.5. The normalized spacial score (nSPS) is 18.4. The lowest BCUT2D eigenvalue weighted by Gasteiger charge is -2.34. The molecule has 34 heavy (non-hydrogen) atoms. The fourth-order valence-corrected chi connectivity index (χ4v) is 5.04. The highest BCUT2D eigenvalue weighted by Crippen LogP contribution is 2.40. The zero-order valence-corrected chi connectivity index (χ0v) is 19.4. The summed E-state index contributed by atoms with van der Waals surface area (Å²) in [5.74, 6) is -0.221. The lowest BCUT2D eigenvalue weighted by Crippen LogP contribution is -2.51. The van der Waals surface area contributed by atoms with Crippen LogP contribution >= 0.6 is 11.8 Å². The number of halogens is 3. The minimum atomic E-state index is -4.39. The molecule has 2 heterocycles. The van der Waals surface area contributed by atoms with Gasteiger partial charge in [-0.05, 0) is 67.6 Å². The van der Waals surface area contributed by atoms with E-state index in [-0.39, 0.29) is 16.7 Å². The van der Waals surface area contributed by atoms with Crippen molar-refractivity contribution in [2.45, 2.75) is 42.4 Å². The molecule has 0 aliphatic carbocycles. The van der Waals surface area contributed by atoms with Crippen LogP contribution in [0.15, 0.2) is 59.5 Å². The molecule has 0 spiro atoms. The van der Waals surface area contributed by atoms with Crippen molar-refractivity contribution in [1.82, 2.24) is 9.88 Å². The first-order chi connectivity index (χ1) is 16.0. The van der Waals surface area contributed by atoms with Crippen LogP contribution < -0.4 is 10.6 Å². The van der Waals surface area contributed by atoms with Crippen molar-refractivity contribution in [3.05, 3.63) is 60.2 Å². The quantitative estimate of drug-likeness (QED) is 0.308. The smallest absolute Gasteiger partial charge is 0.384 e. The van der Waals surface area contributed by atoms with Crippen LogP contribution in [0.3, 0.4) is 0 Å². The van der Waals surface area contributed by atoms with Crippen molar-refractivity contribution < 1.29 is 22.8 Å². The number of rotatable bonds is 6. The Labute approximate surface area is 198 Å². The van der Waals surface area contributed by atoms with Crippen LogP contribution in [0.1, 0.15) is 19.4 Å². The Morgan fingerprint density at radius 3 is 2.53 bits per heavy atom. The number of alkyl halides is 3. The molecule has 0 bridgehead atoms. The Morgan fingerprint density at radius 2 is 1.88 bits per heavy atom. The highest BCUT2D eigenvalue weighted by atomic mass is 32.2. The van der Waals surface area contributed by atoms with E-state index in [0.717, 1.165) is 16.5 Å². The summed E-state index contributed by atoms with van der Waals surface area (Å²) < 4.78 is 38.1. The number of hydrogen-bond donors (Lipinski definition) is 1. The van der Waals surface area contributed by atoms with E-state index in [1.54, 1.807) is 23.1 Å². The Kier molecular flexibility index (Phi) is 6.30. The largest absolute Gasteiger partial charge is 0.446 e. The molecular weight excluding hydrogens is 465 g/mol. The van der Waals surface area contributed by atoms with Crippen LogP contribution in [-0.4, -0.2) is 45.7 Å². The van der Waals surface area contributed by atoms with E-state index in [2.05, 4.69) is 9.88 Å². The number of carbonyl (C=O) groups excluding carboxylic acids is 2. The number of ketones is 1. The summed E-state index contributed by atoms with van der Waals surface area (Å²) in [4.78, 5) is 32.4. The topological polar surface area (TPSA) is 79.5 Å². The number of aldehydes is 1. The average molecular weight is 489 g/mol. The minimum Gasteiger partial charge on any atom is -0.384 e. The summed E-state index contributed by atoms with van der Waals surface area (Å²) in [5.41, 5.74) is 3.11. The van der Waals surface area contributed by atoms with E-state index < -0.39 is 22.9 Å². The number of nitrogens with two attached hydrogens (primary N) is 1. The van der Waals surface area contributed by atoms with Gasteiger partial charge in [-0.3, -0.25) is 14.5 Å². The average Bonchev–Trinajstić information content (AvgIpc) is 3.02. The van der Waals surface area contributed by atoms with Gasteiger partial charge in [0.15, 0.2) is 6.29 Å². The van der Waals surface area contributed by atoms with Crippen molar-refractivity contribution in [3.63, 3.8) is 0 Å². The second kappa shape index (κ2) is 8.92. The number of para-hydroxylation sites is 1. The van der Waals surface area contributed by atoms with Crippen molar-refractivity contribution in [2.24, 2.45) is 0 Å². The molecule has 0 amide bonds. The van der Waals surface area contributed by atoms with E-state index in [4.69, 9.17) is 5.73 Å². The fraction of sp³-hybridized carbons (Fsp3) is 0.292. The minimum absolute atomic E-state index is 0.0450. The second-order valence-electron chi connectivity index (χ2n) is 8.65. The number of carbonyl (C=O) groups is 2. The maximum atomic E-state index is 12.7. The molecule has 6 nitrogen and oxygen atoms in total. The molecule has 0 saturated carbocycles. The SMILES string of the molecule is CC1(C)C(C(=O)C=O)N(c2ccc(SC(F)(F)F)cc2)CN1Cc1cc(N)nc2ccccc12. The number of benzene rings is 2. The van der Waals surface area contributed by atoms with Crippen LogP contribution in [0.25, 0.3) is 10.9 Å². The highest BCUT2D eigenvalue weighted by Gasteiger charge is 2.50. The van der Waals surface area contributed by atoms with Gasteiger partial charge in [0, 0.05) is 28.1 Å². The summed E-state index contributed by atoms with van der Waals surface area (Å²) in [7, 11) is 0. The van der Waals surface area contributed by atoms with Gasteiger partial charge < -0.3 is 10.6 Å². The molecule has 1 fully saturated rings. The fourth-order valence-electron chi connectivity index (χ4n) is 4.50. The molecule has 10 heteroatoms. The number of hydrogen-bond acceptors (Lipinski definition) is 7. The monoisotopic (exact) mass is 488 g/mol. The Hall–Kier alpha value is -3.11. The molecule has 1 saturated heterocycles. The number of pyridine rings is 1. The highest BCUT2D eigenvalue weighted by molar-refractivity contribution is 8.00. The van der Waals surface area contributed by atoms with E-state index in [9.17, 15) is 22.8 Å². The molecule has 1 unspecified atom stereocenters. The van der Waals surface area contributed by atoms with Gasteiger partial charge in [-0.2, -0.15) is 13.2 Å². The first kappa shape index (κ1) is 24.0. The molecule has 1 atom stereocenters. The van der Waals surface area contributed by atoms with E-state index in [1.165, 1.54) is 12.1 Å². The molecule has 4 rings (SSSR count). The van der Waals surface area contributed by atoms with Gasteiger partial charge in [0.2, 0.25) is 5.78 Å². The van der Waals surface area contributed by atoms with Gasteiger partial charge in [-0.1, -0.05) is 18.2 Å². The van der Waals surface area contributed by atoms with E-state index >= 15 is 0 Å². The molecule has 1 aliphatic rings. The molecule has 2 aromatic carbocycles. The maximum absolute atomic E-state index is 12.7. The van der Waals surface area contributed by atoms with Gasteiger partial charge in [-0.25, -0.2) is 4.98 Å². The molecule has 0 radical (unpaired) electrons. The van der Waals surface area contributed by atoms with Crippen molar-refractivity contribution in [2.75, 3.05) is 17.3 Å². The van der Waals surface area contributed by atoms with Crippen LogP contribution in [0.2, 0.25) is 0 Å². The lowest BCUT2D eigenvalue weighted by atomic mass is 9.90. The molecular formula is C24H23F3N4O2S. The molecule has 1 aliphatic heterocycles. The number of fused-ring (bicyclic) bond motifs is 1. The van der Waals surface area contributed by atoms with Crippen LogP contribution in [0, 0.1) is 0 Å². The number of Topliss-reactive ketones (excluding diaryl/α,β-unsaturated/α-hetero) is 1. The number of aromatic nitrogens is 1. The molecule has 2 N–H and O–H groups in total. The number of nitrogens with zero attached hydrogens (tertiary/aromatic N) is 3. The van der Waals surface area contributed by atoms with Gasteiger partial charge in [0.1, 0.15) is 11.9 Å². The Morgan fingerprint density at radius 1 is 1.21 bits per heavy atom. The third kappa shape index (κ3) is 4.74. The van der Waals surface area contributed by atoms with Crippen molar-refractivity contribution >= 4 is 46.2 Å². The van der Waals surface area contributed by atoms with E-state index in [1.807, 2.05) is 38.1 Å².